The number of aryl methyl sites for hydroxylation is 2. The summed E-state index contributed by atoms with van der Waals surface area (Å²) in [5, 5.41) is 4.15. The van der Waals surface area contributed by atoms with Crippen molar-refractivity contribution in [1.29, 1.82) is 0 Å². The van der Waals surface area contributed by atoms with Gasteiger partial charge in [-0.2, -0.15) is 0 Å². The van der Waals surface area contributed by atoms with E-state index in [0.717, 1.165) is 32.5 Å². The second kappa shape index (κ2) is 8.15. The smallest absolute Gasteiger partial charge is 0.226 e. The summed E-state index contributed by atoms with van der Waals surface area (Å²) in [5.41, 5.74) is 2.95. The van der Waals surface area contributed by atoms with Crippen LogP contribution in [0.2, 0.25) is 0 Å². The molecule has 3 aromatic rings. The molecule has 1 amide bonds. The molecule has 0 aliphatic carbocycles. The van der Waals surface area contributed by atoms with Crippen LogP contribution in [0.3, 0.4) is 0 Å². The number of carbonyl (C=O) groups excluding carboxylic acids is 1. The number of hydrogen-bond donors (Lipinski definition) is 1. The van der Waals surface area contributed by atoms with E-state index >= 15 is 0 Å². The number of methoxy groups -OCH3 is 1. The Labute approximate surface area is 157 Å². The lowest BCUT2D eigenvalue weighted by molar-refractivity contribution is -0.120. The molecule has 0 fully saturated rings. The molecule has 2 aromatic carbocycles. The molecule has 0 aliphatic rings. The maximum absolute atomic E-state index is 12.7. The summed E-state index contributed by atoms with van der Waals surface area (Å²) < 4.78 is 5.34. The van der Waals surface area contributed by atoms with Crippen LogP contribution in [0, 0.1) is 13.8 Å². The number of carbonyl (C=O) groups is 1. The Balaban J connectivity index is 1.86. The van der Waals surface area contributed by atoms with Gasteiger partial charge in [0.15, 0.2) is 0 Å². The fourth-order valence-corrected chi connectivity index (χ4v) is 3.86. The standard InChI is InChI=1S/C21H22N2O2S/c1-14-19(26-15(2)22-14)13-20(24)23-21(16-8-5-4-6-9-16)17-10-7-11-18(12-17)25-3/h4-12,21H,13H2,1-3H3,(H,23,24)/t21-/m1/s1. The first-order valence-corrected chi connectivity index (χ1v) is 9.29. The van der Waals surface area contributed by atoms with Crippen LogP contribution in [0.15, 0.2) is 54.6 Å². The van der Waals surface area contributed by atoms with Crippen molar-refractivity contribution in [2.24, 2.45) is 0 Å². The quantitative estimate of drug-likeness (QED) is 0.711. The van der Waals surface area contributed by atoms with Gasteiger partial charge in [0, 0.05) is 4.88 Å². The molecule has 0 saturated carbocycles. The van der Waals surface area contributed by atoms with Gasteiger partial charge < -0.3 is 10.1 Å². The van der Waals surface area contributed by atoms with E-state index in [1.165, 1.54) is 0 Å². The lowest BCUT2D eigenvalue weighted by Crippen LogP contribution is -2.30. The minimum Gasteiger partial charge on any atom is -0.497 e. The number of thiazole rings is 1. The van der Waals surface area contributed by atoms with Gasteiger partial charge in [-0.3, -0.25) is 4.79 Å². The molecule has 134 valence electrons. The highest BCUT2D eigenvalue weighted by atomic mass is 32.1. The third kappa shape index (κ3) is 4.29. The van der Waals surface area contributed by atoms with Gasteiger partial charge in [0.2, 0.25) is 5.91 Å². The summed E-state index contributed by atoms with van der Waals surface area (Å²) in [6.45, 7) is 3.91. The maximum atomic E-state index is 12.7. The summed E-state index contributed by atoms with van der Waals surface area (Å²) in [5.74, 6) is 0.750. The molecule has 0 unspecified atom stereocenters. The van der Waals surface area contributed by atoms with E-state index in [1.54, 1.807) is 18.4 Å². The highest BCUT2D eigenvalue weighted by molar-refractivity contribution is 7.11. The van der Waals surface area contributed by atoms with E-state index in [0.29, 0.717) is 6.42 Å². The average molecular weight is 366 g/mol. The molecular weight excluding hydrogens is 344 g/mol. The first kappa shape index (κ1) is 18.1. The number of rotatable bonds is 6. The molecule has 1 aromatic heterocycles. The zero-order valence-electron chi connectivity index (χ0n) is 15.2. The minimum atomic E-state index is -0.229. The molecule has 1 heterocycles. The Hall–Kier alpha value is -2.66. The average Bonchev–Trinajstić information content (AvgIpc) is 2.97. The predicted molar refractivity (Wildman–Crippen MR) is 105 cm³/mol. The normalized spacial score (nSPS) is 11.8. The van der Waals surface area contributed by atoms with Crippen LogP contribution in [0.1, 0.15) is 32.7 Å². The van der Waals surface area contributed by atoms with Crippen LogP contribution in [0.5, 0.6) is 5.75 Å². The Bertz CT molecular complexity index is 890. The fraction of sp³-hybridized carbons (Fsp3) is 0.238. The summed E-state index contributed by atoms with van der Waals surface area (Å²) in [4.78, 5) is 18.1. The van der Waals surface area contributed by atoms with Crippen molar-refractivity contribution in [1.82, 2.24) is 10.3 Å². The molecular formula is C21H22N2O2S. The number of benzene rings is 2. The summed E-state index contributed by atoms with van der Waals surface area (Å²) in [7, 11) is 1.64. The van der Waals surface area contributed by atoms with Crippen molar-refractivity contribution in [2.45, 2.75) is 26.3 Å². The molecule has 0 aliphatic heterocycles. The largest absolute Gasteiger partial charge is 0.497 e. The number of hydrogen-bond acceptors (Lipinski definition) is 4. The SMILES string of the molecule is COc1cccc([C@H](NC(=O)Cc2sc(C)nc2C)c2ccccc2)c1. The topological polar surface area (TPSA) is 51.2 Å². The molecule has 0 saturated heterocycles. The number of aromatic nitrogens is 1. The van der Waals surface area contributed by atoms with Crippen LogP contribution in [-0.4, -0.2) is 18.0 Å². The molecule has 0 bridgehead atoms. The molecule has 3 rings (SSSR count). The maximum Gasteiger partial charge on any atom is 0.226 e. The van der Waals surface area contributed by atoms with Gasteiger partial charge in [-0.25, -0.2) is 4.98 Å². The van der Waals surface area contributed by atoms with Crippen LogP contribution in [-0.2, 0) is 11.2 Å². The third-order valence-corrected chi connectivity index (χ3v) is 5.26. The number of ether oxygens (including phenoxy) is 1. The minimum absolute atomic E-state index is 0.0200. The lowest BCUT2D eigenvalue weighted by Gasteiger charge is -2.20. The van der Waals surface area contributed by atoms with Crippen molar-refractivity contribution in [3.8, 4) is 5.75 Å². The van der Waals surface area contributed by atoms with Crippen molar-refractivity contribution in [3.05, 3.63) is 81.3 Å². The van der Waals surface area contributed by atoms with Gasteiger partial charge in [0.25, 0.3) is 0 Å². The monoisotopic (exact) mass is 366 g/mol. The fourth-order valence-electron chi connectivity index (χ4n) is 2.92. The van der Waals surface area contributed by atoms with Crippen LogP contribution in [0.25, 0.3) is 0 Å². The number of nitrogens with one attached hydrogen (secondary N) is 1. The summed E-state index contributed by atoms with van der Waals surface area (Å²) in [6, 6.07) is 17.5. The van der Waals surface area contributed by atoms with Gasteiger partial charge in [-0.15, -0.1) is 11.3 Å². The molecule has 0 spiro atoms. The van der Waals surface area contributed by atoms with E-state index < -0.39 is 0 Å². The Morgan fingerprint density at radius 2 is 1.85 bits per heavy atom. The molecule has 4 nitrogen and oxygen atoms in total. The van der Waals surface area contributed by atoms with E-state index in [9.17, 15) is 4.79 Å². The predicted octanol–water partition coefficient (Wildman–Crippen LogP) is 4.22. The lowest BCUT2D eigenvalue weighted by atomic mass is 9.98. The molecule has 5 heteroatoms. The summed E-state index contributed by atoms with van der Waals surface area (Å²) in [6.07, 6.45) is 0.338. The van der Waals surface area contributed by atoms with Crippen LogP contribution >= 0.6 is 11.3 Å². The zero-order chi connectivity index (χ0) is 18.5. The first-order chi connectivity index (χ1) is 12.6. The Kier molecular flexibility index (Phi) is 5.68. The second-order valence-corrected chi connectivity index (χ2v) is 7.39. The van der Waals surface area contributed by atoms with Gasteiger partial charge in [-0.1, -0.05) is 42.5 Å². The van der Waals surface area contributed by atoms with Gasteiger partial charge in [0.05, 0.1) is 30.3 Å². The van der Waals surface area contributed by atoms with Crippen molar-refractivity contribution < 1.29 is 9.53 Å². The van der Waals surface area contributed by atoms with Crippen molar-refractivity contribution in [2.75, 3.05) is 7.11 Å². The summed E-state index contributed by atoms with van der Waals surface area (Å²) >= 11 is 1.58. The van der Waals surface area contributed by atoms with Crippen molar-refractivity contribution in [3.63, 3.8) is 0 Å². The first-order valence-electron chi connectivity index (χ1n) is 8.48. The van der Waals surface area contributed by atoms with E-state index in [4.69, 9.17) is 4.74 Å². The third-order valence-electron chi connectivity index (χ3n) is 4.19. The second-order valence-electron chi connectivity index (χ2n) is 6.11. The molecule has 26 heavy (non-hydrogen) atoms. The van der Waals surface area contributed by atoms with E-state index in [-0.39, 0.29) is 11.9 Å². The van der Waals surface area contributed by atoms with E-state index in [1.807, 2.05) is 68.4 Å². The van der Waals surface area contributed by atoms with Crippen molar-refractivity contribution >= 4 is 17.2 Å². The molecule has 1 atom stereocenters. The highest BCUT2D eigenvalue weighted by Crippen LogP contribution is 2.26. The zero-order valence-corrected chi connectivity index (χ0v) is 16.0. The Morgan fingerprint density at radius 1 is 1.12 bits per heavy atom. The molecule has 0 radical (unpaired) electrons. The Morgan fingerprint density at radius 3 is 2.50 bits per heavy atom. The van der Waals surface area contributed by atoms with Crippen LogP contribution in [0.4, 0.5) is 0 Å². The van der Waals surface area contributed by atoms with Gasteiger partial charge in [0.1, 0.15) is 5.75 Å². The van der Waals surface area contributed by atoms with Gasteiger partial charge >= 0.3 is 0 Å². The molecule has 1 N–H and O–H groups in total. The van der Waals surface area contributed by atoms with E-state index in [2.05, 4.69) is 10.3 Å². The highest BCUT2D eigenvalue weighted by Gasteiger charge is 2.19. The number of amides is 1. The number of nitrogens with zero attached hydrogens (tertiary/aromatic N) is 1. The van der Waals surface area contributed by atoms with Crippen LogP contribution < -0.4 is 10.1 Å². The van der Waals surface area contributed by atoms with Gasteiger partial charge in [-0.05, 0) is 37.1 Å².